The average molecular weight is 270 g/mol. The Bertz CT molecular complexity index is 615. The largest absolute Gasteiger partial charge is 0.478 e. The molecule has 1 aliphatic heterocycles. The molecule has 1 aliphatic rings. The lowest BCUT2D eigenvalue weighted by molar-refractivity contribution is 0.326. The van der Waals surface area contributed by atoms with Gasteiger partial charge < -0.3 is 15.4 Å². The van der Waals surface area contributed by atoms with Crippen molar-refractivity contribution >= 4 is 11.5 Å². The molecule has 0 saturated carbocycles. The van der Waals surface area contributed by atoms with E-state index in [1.807, 2.05) is 25.1 Å². The van der Waals surface area contributed by atoms with Gasteiger partial charge in [0.05, 0.1) is 6.61 Å². The van der Waals surface area contributed by atoms with E-state index in [-0.39, 0.29) is 0 Å². The second kappa shape index (κ2) is 5.36. The first kappa shape index (κ1) is 12.7. The third kappa shape index (κ3) is 2.52. The Labute approximate surface area is 118 Å². The molecule has 104 valence electrons. The van der Waals surface area contributed by atoms with Crippen molar-refractivity contribution in [3.8, 4) is 5.88 Å². The van der Waals surface area contributed by atoms with Crippen LogP contribution in [0.5, 0.6) is 5.88 Å². The highest BCUT2D eigenvalue weighted by Gasteiger charge is 2.18. The summed E-state index contributed by atoms with van der Waals surface area (Å²) in [4.78, 5) is 10.7. The molecule has 1 aromatic carbocycles. The smallest absolute Gasteiger partial charge is 0.218 e. The zero-order chi connectivity index (χ0) is 13.9. The second-order valence-electron chi connectivity index (χ2n) is 4.85. The number of nitrogen functional groups attached to an aromatic ring is 1. The van der Waals surface area contributed by atoms with E-state index < -0.39 is 0 Å². The summed E-state index contributed by atoms with van der Waals surface area (Å²) in [5.74, 6) is 1.52. The maximum absolute atomic E-state index is 5.87. The number of hydrogen-bond donors (Lipinski definition) is 1. The van der Waals surface area contributed by atoms with Crippen molar-refractivity contribution in [3.63, 3.8) is 0 Å². The van der Waals surface area contributed by atoms with Crippen LogP contribution in [0.2, 0.25) is 0 Å². The van der Waals surface area contributed by atoms with Gasteiger partial charge in [0.2, 0.25) is 5.88 Å². The molecule has 3 rings (SSSR count). The molecule has 0 aliphatic carbocycles. The lowest BCUT2D eigenvalue weighted by Crippen LogP contribution is -2.31. The maximum atomic E-state index is 5.87. The van der Waals surface area contributed by atoms with E-state index in [1.54, 1.807) is 6.33 Å². The number of anilines is 2. The van der Waals surface area contributed by atoms with E-state index in [0.717, 1.165) is 31.0 Å². The molecule has 0 bridgehead atoms. The standard InChI is InChI=1S/C15H18N4O/c1-2-20-15-8-14(17-10-18-15)19-6-5-11-3-4-13(16)7-12(11)9-19/h3-4,7-8,10H,2,5-6,9,16H2,1H3. The zero-order valence-electron chi connectivity index (χ0n) is 11.5. The van der Waals surface area contributed by atoms with Gasteiger partial charge in [-0.05, 0) is 36.6 Å². The Balaban J connectivity index is 1.84. The van der Waals surface area contributed by atoms with E-state index in [0.29, 0.717) is 12.5 Å². The molecule has 5 heteroatoms. The van der Waals surface area contributed by atoms with Gasteiger partial charge in [-0.2, -0.15) is 0 Å². The topological polar surface area (TPSA) is 64.3 Å². The molecule has 20 heavy (non-hydrogen) atoms. The van der Waals surface area contributed by atoms with Crippen LogP contribution < -0.4 is 15.4 Å². The highest BCUT2D eigenvalue weighted by atomic mass is 16.5. The first-order chi connectivity index (χ1) is 9.76. The van der Waals surface area contributed by atoms with Gasteiger partial charge in [0.15, 0.2) is 0 Å². The van der Waals surface area contributed by atoms with Gasteiger partial charge in [0.1, 0.15) is 12.1 Å². The summed E-state index contributed by atoms with van der Waals surface area (Å²) in [5, 5.41) is 0. The SMILES string of the molecule is CCOc1cc(N2CCc3ccc(N)cc3C2)ncn1. The van der Waals surface area contributed by atoms with E-state index >= 15 is 0 Å². The van der Waals surface area contributed by atoms with E-state index in [2.05, 4.69) is 20.9 Å². The molecule has 0 saturated heterocycles. The van der Waals surface area contributed by atoms with Crippen LogP contribution in [-0.2, 0) is 13.0 Å². The van der Waals surface area contributed by atoms with Crippen LogP contribution in [0, 0.1) is 0 Å². The third-order valence-corrected chi connectivity index (χ3v) is 3.49. The van der Waals surface area contributed by atoms with Gasteiger partial charge in [-0.1, -0.05) is 6.07 Å². The third-order valence-electron chi connectivity index (χ3n) is 3.49. The molecule has 5 nitrogen and oxygen atoms in total. The van der Waals surface area contributed by atoms with Gasteiger partial charge in [-0.15, -0.1) is 0 Å². The molecule has 0 spiro atoms. The van der Waals surface area contributed by atoms with Crippen LogP contribution in [0.3, 0.4) is 0 Å². The molecule has 2 N–H and O–H groups in total. The molecule has 0 atom stereocenters. The van der Waals surface area contributed by atoms with Crippen molar-refractivity contribution in [3.05, 3.63) is 41.7 Å². The van der Waals surface area contributed by atoms with Gasteiger partial charge in [-0.3, -0.25) is 0 Å². The Hall–Kier alpha value is -2.30. The van der Waals surface area contributed by atoms with Crippen molar-refractivity contribution in [1.82, 2.24) is 9.97 Å². The van der Waals surface area contributed by atoms with E-state index in [1.165, 1.54) is 11.1 Å². The number of nitrogens with two attached hydrogens (primary N) is 1. The van der Waals surface area contributed by atoms with Crippen LogP contribution in [-0.4, -0.2) is 23.1 Å². The van der Waals surface area contributed by atoms with Gasteiger partial charge in [-0.25, -0.2) is 9.97 Å². The summed E-state index contributed by atoms with van der Waals surface area (Å²) < 4.78 is 5.43. The van der Waals surface area contributed by atoms with Crippen LogP contribution in [0.4, 0.5) is 11.5 Å². The fourth-order valence-electron chi connectivity index (χ4n) is 2.50. The fourth-order valence-corrected chi connectivity index (χ4v) is 2.50. The molecule has 0 fully saturated rings. The van der Waals surface area contributed by atoms with Gasteiger partial charge in [0.25, 0.3) is 0 Å². The lowest BCUT2D eigenvalue weighted by Gasteiger charge is -2.30. The number of ether oxygens (including phenoxy) is 1. The first-order valence-electron chi connectivity index (χ1n) is 6.83. The predicted octanol–water partition coefficient (Wildman–Crippen LogP) is 2.02. The molecule has 0 radical (unpaired) electrons. The molecule has 0 unspecified atom stereocenters. The minimum atomic E-state index is 0.607. The van der Waals surface area contributed by atoms with Gasteiger partial charge in [0, 0.05) is 24.8 Å². The van der Waals surface area contributed by atoms with Crippen molar-refractivity contribution in [2.75, 3.05) is 23.8 Å². The number of fused-ring (bicyclic) bond motifs is 1. The van der Waals surface area contributed by atoms with Crippen LogP contribution in [0.1, 0.15) is 18.1 Å². The van der Waals surface area contributed by atoms with E-state index in [4.69, 9.17) is 10.5 Å². The Morgan fingerprint density at radius 2 is 2.15 bits per heavy atom. The second-order valence-corrected chi connectivity index (χ2v) is 4.85. The number of aromatic nitrogens is 2. The van der Waals surface area contributed by atoms with Crippen LogP contribution in [0.15, 0.2) is 30.6 Å². The molecule has 0 amide bonds. The normalized spacial score (nSPS) is 13.9. The number of hydrogen-bond acceptors (Lipinski definition) is 5. The highest BCUT2D eigenvalue weighted by Crippen LogP contribution is 2.25. The first-order valence-corrected chi connectivity index (χ1v) is 6.83. The Morgan fingerprint density at radius 1 is 1.25 bits per heavy atom. The number of nitrogens with zero attached hydrogens (tertiary/aromatic N) is 3. The minimum absolute atomic E-state index is 0.607. The number of rotatable bonds is 3. The Morgan fingerprint density at radius 3 is 3.00 bits per heavy atom. The summed E-state index contributed by atoms with van der Waals surface area (Å²) in [6, 6.07) is 8.02. The van der Waals surface area contributed by atoms with Crippen LogP contribution in [0.25, 0.3) is 0 Å². The highest BCUT2D eigenvalue weighted by molar-refractivity contribution is 5.50. The summed E-state index contributed by atoms with van der Waals surface area (Å²) >= 11 is 0. The Kier molecular flexibility index (Phi) is 3.41. The fraction of sp³-hybridized carbons (Fsp3) is 0.333. The summed E-state index contributed by atoms with van der Waals surface area (Å²) in [7, 11) is 0. The van der Waals surface area contributed by atoms with Crippen molar-refractivity contribution in [2.24, 2.45) is 0 Å². The minimum Gasteiger partial charge on any atom is -0.478 e. The molecule has 1 aromatic heterocycles. The molecule has 2 heterocycles. The number of benzene rings is 1. The zero-order valence-corrected chi connectivity index (χ0v) is 11.5. The van der Waals surface area contributed by atoms with Crippen LogP contribution >= 0.6 is 0 Å². The maximum Gasteiger partial charge on any atom is 0.218 e. The van der Waals surface area contributed by atoms with Crippen molar-refractivity contribution in [1.29, 1.82) is 0 Å². The quantitative estimate of drug-likeness (QED) is 0.864. The molecular weight excluding hydrogens is 252 g/mol. The van der Waals surface area contributed by atoms with Crippen molar-refractivity contribution < 1.29 is 4.74 Å². The summed E-state index contributed by atoms with van der Waals surface area (Å²) in [5.41, 5.74) is 9.32. The predicted molar refractivity (Wildman–Crippen MR) is 78.8 cm³/mol. The van der Waals surface area contributed by atoms with Crippen molar-refractivity contribution in [2.45, 2.75) is 19.9 Å². The summed E-state index contributed by atoms with van der Waals surface area (Å²) in [6.07, 6.45) is 2.55. The molecular formula is C15H18N4O. The van der Waals surface area contributed by atoms with E-state index in [9.17, 15) is 0 Å². The molecule has 2 aromatic rings. The monoisotopic (exact) mass is 270 g/mol. The van der Waals surface area contributed by atoms with Gasteiger partial charge >= 0.3 is 0 Å². The summed E-state index contributed by atoms with van der Waals surface area (Å²) in [6.45, 7) is 4.32. The lowest BCUT2D eigenvalue weighted by atomic mass is 9.99. The average Bonchev–Trinajstić information content (AvgIpc) is 2.47.